The van der Waals surface area contributed by atoms with E-state index in [1.165, 1.54) is 5.69 Å². The molecule has 3 aromatic rings. The number of halogens is 2. The maximum absolute atomic E-state index is 6.01. The Morgan fingerprint density at radius 3 is 2.80 bits per heavy atom. The molecule has 3 heterocycles. The molecule has 0 radical (unpaired) electrons. The van der Waals surface area contributed by atoms with E-state index in [2.05, 4.69) is 30.8 Å². The Kier molecular flexibility index (Phi) is 6.71. The van der Waals surface area contributed by atoms with Crippen molar-refractivity contribution in [3.05, 3.63) is 59.3 Å². The number of nitrogens with one attached hydrogen (secondary N) is 1. The normalized spacial score (nSPS) is 11.4. The smallest absolute Gasteiger partial charge is 0.194 e. The second-order valence-corrected chi connectivity index (χ2v) is 6.15. The number of imidazole rings is 1. The number of fused-ring (bicyclic) bond motifs is 1. The van der Waals surface area contributed by atoms with Gasteiger partial charge in [-0.25, -0.2) is 4.98 Å². The quantitative estimate of drug-likeness (QED) is 0.361. The first-order valence-corrected chi connectivity index (χ1v) is 8.10. The fourth-order valence-electron chi connectivity index (χ4n) is 2.64. The molecule has 0 aromatic carbocycles. The van der Waals surface area contributed by atoms with Gasteiger partial charge in [-0.05, 0) is 24.3 Å². The molecule has 0 aliphatic heterocycles. The summed E-state index contributed by atoms with van der Waals surface area (Å²) in [6, 6.07) is 7.90. The summed E-state index contributed by atoms with van der Waals surface area (Å²) in [5.41, 5.74) is 3.04. The number of pyridine rings is 1. The van der Waals surface area contributed by atoms with Crippen LogP contribution >= 0.6 is 35.6 Å². The first-order chi connectivity index (χ1) is 11.6. The van der Waals surface area contributed by atoms with Crippen LogP contribution in [0.3, 0.4) is 0 Å². The Bertz CT molecular complexity index is 869. The summed E-state index contributed by atoms with van der Waals surface area (Å²) in [6.07, 6.45) is 5.86. The maximum Gasteiger partial charge on any atom is 0.194 e. The predicted octanol–water partition coefficient (Wildman–Crippen LogP) is 3.15. The molecular weight excluding hydrogens is 451 g/mol. The molecule has 1 N–H and O–H groups in total. The van der Waals surface area contributed by atoms with Gasteiger partial charge >= 0.3 is 0 Å². The highest BCUT2D eigenvalue weighted by molar-refractivity contribution is 14.0. The van der Waals surface area contributed by atoms with Gasteiger partial charge in [0.2, 0.25) is 0 Å². The number of guanidine groups is 1. The molecule has 0 bridgehead atoms. The Balaban J connectivity index is 0.00000225. The van der Waals surface area contributed by atoms with Crippen LogP contribution in [0.25, 0.3) is 5.65 Å². The van der Waals surface area contributed by atoms with Crippen LogP contribution < -0.4 is 5.32 Å². The standard InChI is InChI=1S/C17H21ClN6.HI/c1-19-17(23(3)12-15-5-4-8-22(15)2)20-9-14-11-24-10-13(18)6-7-16(24)21-14;/h4-8,10-11H,9,12H2,1-3H3,(H,19,20);1H. The van der Waals surface area contributed by atoms with Crippen LogP contribution in [0.1, 0.15) is 11.4 Å². The molecule has 25 heavy (non-hydrogen) atoms. The number of aromatic nitrogens is 3. The molecule has 0 unspecified atom stereocenters. The van der Waals surface area contributed by atoms with Crippen LogP contribution in [0.4, 0.5) is 0 Å². The topological polar surface area (TPSA) is 49.9 Å². The fourth-order valence-corrected chi connectivity index (χ4v) is 2.80. The van der Waals surface area contributed by atoms with Crippen LogP contribution in [0, 0.1) is 0 Å². The van der Waals surface area contributed by atoms with E-state index in [-0.39, 0.29) is 24.0 Å². The molecule has 0 atom stereocenters. The van der Waals surface area contributed by atoms with Gasteiger partial charge in [0.05, 0.1) is 23.8 Å². The molecular formula is C17H22ClIN6. The zero-order valence-corrected chi connectivity index (χ0v) is 17.6. The van der Waals surface area contributed by atoms with E-state index in [4.69, 9.17) is 11.6 Å². The van der Waals surface area contributed by atoms with Gasteiger partial charge in [-0.15, -0.1) is 24.0 Å². The summed E-state index contributed by atoms with van der Waals surface area (Å²) in [5, 5.41) is 4.04. The third kappa shape index (κ3) is 4.66. The zero-order valence-electron chi connectivity index (χ0n) is 14.5. The van der Waals surface area contributed by atoms with Gasteiger partial charge < -0.3 is 19.2 Å². The second kappa shape index (κ2) is 8.57. The van der Waals surface area contributed by atoms with Crippen molar-refractivity contribution in [1.29, 1.82) is 0 Å². The van der Waals surface area contributed by atoms with Crippen molar-refractivity contribution in [3.8, 4) is 0 Å². The van der Waals surface area contributed by atoms with Crippen LogP contribution in [0.15, 0.2) is 47.8 Å². The monoisotopic (exact) mass is 472 g/mol. The van der Waals surface area contributed by atoms with Crippen LogP contribution in [-0.4, -0.2) is 38.9 Å². The molecule has 0 saturated heterocycles. The summed E-state index contributed by atoms with van der Waals surface area (Å²) < 4.78 is 4.03. The lowest BCUT2D eigenvalue weighted by Crippen LogP contribution is -2.38. The third-order valence-corrected chi connectivity index (χ3v) is 4.14. The minimum absolute atomic E-state index is 0. The number of aliphatic imine (C=N–C) groups is 1. The summed E-state index contributed by atoms with van der Waals surface area (Å²) >= 11 is 6.01. The molecule has 6 nitrogen and oxygen atoms in total. The number of hydrogen-bond donors (Lipinski definition) is 1. The van der Waals surface area contributed by atoms with Crippen molar-refractivity contribution in [2.45, 2.75) is 13.1 Å². The summed E-state index contributed by atoms with van der Waals surface area (Å²) in [5.74, 6) is 0.825. The van der Waals surface area contributed by atoms with Crippen molar-refractivity contribution in [3.63, 3.8) is 0 Å². The van der Waals surface area contributed by atoms with Gasteiger partial charge in [0.25, 0.3) is 0 Å². The zero-order chi connectivity index (χ0) is 17.1. The highest BCUT2D eigenvalue weighted by Crippen LogP contribution is 2.12. The maximum atomic E-state index is 6.01. The lowest BCUT2D eigenvalue weighted by Gasteiger charge is -2.22. The molecule has 3 rings (SSSR count). The van der Waals surface area contributed by atoms with Crippen molar-refractivity contribution in [2.24, 2.45) is 12.0 Å². The van der Waals surface area contributed by atoms with Gasteiger partial charge in [0, 0.05) is 45.4 Å². The molecule has 8 heteroatoms. The molecule has 0 saturated carbocycles. The van der Waals surface area contributed by atoms with Crippen molar-refractivity contribution < 1.29 is 0 Å². The lowest BCUT2D eigenvalue weighted by atomic mass is 10.4. The molecule has 0 aliphatic carbocycles. The van der Waals surface area contributed by atoms with E-state index in [1.807, 2.05) is 55.3 Å². The van der Waals surface area contributed by atoms with Gasteiger partial charge in [-0.3, -0.25) is 4.99 Å². The second-order valence-electron chi connectivity index (χ2n) is 5.71. The van der Waals surface area contributed by atoms with E-state index in [1.54, 1.807) is 7.05 Å². The SMILES string of the molecule is CN=C(NCc1cn2cc(Cl)ccc2n1)N(C)Cc1cccn1C.I. The predicted molar refractivity (Wildman–Crippen MR) is 113 cm³/mol. The highest BCUT2D eigenvalue weighted by atomic mass is 127. The Labute approximate surface area is 169 Å². The lowest BCUT2D eigenvalue weighted by molar-refractivity contribution is 0.461. The molecule has 0 aliphatic rings. The van der Waals surface area contributed by atoms with Gasteiger partial charge in [0.15, 0.2) is 5.96 Å². The van der Waals surface area contributed by atoms with E-state index in [0.29, 0.717) is 11.6 Å². The largest absolute Gasteiger partial charge is 0.353 e. The number of hydrogen-bond acceptors (Lipinski definition) is 2. The first kappa shape index (κ1) is 19.6. The summed E-state index contributed by atoms with van der Waals surface area (Å²) in [4.78, 5) is 11.0. The van der Waals surface area contributed by atoms with E-state index >= 15 is 0 Å². The van der Waals surface area contributed by atoms with Crippen LogP contribution in [0.5, 0.6) is 0 Å². The van der Waals surface area contributed by atoms with Crippen molar-refractivity contribution in [2.75, 3.05) is 14.1 Å². The van der Waals surface area contributed by atoms with Gasteiger partial charge in [-0.1, -0.05) is 11.6 Å². The van der Waals surface area contributed by atoms with Crippen LogP contribution in [0.2, 0.25) is 5.02 Å². The average Bonchev–Trinajstić information content (AvgIpc) is 3.13. The molecule has 0 amide bonds. The average molecular weight is 473 g/mol. The molecule has 0 fully saturated rings. The molecule has 3 aromatic heterocycles. The highest BCUT2D eigenvalue weighted by Gasteiger charge is 2.09. The summed E-state index contributed by atoms with van der Waals surface area (Å²) in [7, 11) is 5.85. The molecule has 134 valence electrons. The van der Waals surface area contributed by atoms with Crippen molar-refractivity contribution >= 4 is 47.2 Å². The number of aryl methyl sites for hydroxylation is 1. The summed E-state index contributed by atoms with van der Waals surface area (Å²) in [6.45, 7) is 1.38. The Morgan fingerprint density at radius 1 is 1.32 bits per heavy atom. The minimum atomic E-state index is 0. The van der Waals surface area contributed by atoms with Gasteiger partial charge in [-0.2, -0.15) is 0 Å². The number of nitrogens with zero attached hydrogens (tertiary/aromatic N) is 5. The third-order valence-electron chi connectivity index (χ3n) is 3.92. The van der Waals surface area contributed by atoms with Gasteiger partial charge in [0.1, 0.15) is 5.65 Å². The Hall–Kier alpha value is -1.74. The molecule has 0 spiro atoms. The first-order valence-electron chi connectivity index (χ1n) is 7.72. The minimum Gasteiger partial charge on any atom is -0.353 e. The fraction of sp³-hybridized carbons (Fsp3) is 0.294. The van der Waals surface area contributed by atoms with E-state index in [9.17, 15) is 0 Å². The van der Waals surface area contributed by atoms with E-state index in [0.717, 1.165) is 23.8 Å². The van der Waals surface area contributed by atoms with E-state index < -0.39 is 0 Å². The Morgan fingerprint density at radius 2 is 2.12 bits per heavy atom. The van der Waals surface area contributed by atoms with Crippen LogP contribution in [-0.2, 0) is 20.1 Å². The number of rotatable bonds is 4. The van der Waals surface area contributed by atoms with Crippen molar-refractivity contribution in [1.82, 2.24) is 24.2 Å².